The van der Waals surface area contributed by atoms with Crippen LogP contribution in [0.2, 0.25) is 0 Å². The molecule has 0 aliphatic rings. The average molecular weight is 390 g/mol. The molecule has 0 aliphatic carbocycles. The Hall–Kier alpha value is -1.03. The SMILES string of the molecule is CC(=O)O.CC(=O)O.CC(=O)O.CC(=O)O.CC(=O)O.[NaH].[Zn]. The van der Waals surface area contributed by atoms with Crippen molar-refractivity contribution < 1.29 is 69.0 Å². The molecule has 0 saturated carbocycles. The van der Waals surface area contributed by atoms with Crippen LogP contribution in [0.4, 0.5) is 0 Å². The summed E-state index contributed by atoms with van der Waals surface area (Å²) in [5, 5.41) is 37.1. The summed E-state index contributed by atoms with van der Waals surface area (Å²) >= 11 is 0. The second-order valence-electron chi connectivity index (χ2n) is 2.60. The van der Waals surface area contributed by atoms with Crippen molar-refractivity contribution in [3.63, 3.8) is 0 Å². The number of carboxylic acids is 5. The van der Waals surface area contributed by atoms with Crippen molar-refractivity contribution in [1.82, 2.24) is 0 Å². The van der Waals surface area contributed by atoms with Gasteiger partial charge in [0, 0.05) is 54.1 Å². The zero-order valence-corrected chi connectivity index (χ0v) is 15.5. The third-order valence-electron chi connectivity index (χ3n) is 0. The topological polar surface area (TPSA) is 186 Å². The minimum atomic E-state index is -0.833. The second-order valence-corrected chi connectivity index (χ2v) is 2.60. The normalized spacial score (nSPS) is 5.68. The van der Waals surface area contributed by atoms with E-state index in [1.165, 1.54) is 0 Å². The minimum absolute atomic E-state index is 0. The molecule has 0 heterocycles. The molecule has 12 heteroatoms. The molecule has 0 aromatic rings. The van der Waals surface area contributed by atoms with E-state index in [9.17, 15) is 0 Å². The first-order chi connectivity index (χ1) is 8.66. The van der Waals surface area contributed by atoms with Crippen LogP contribution in [0.5, 0.6) is 0 Å². The maximum absolute atomic E-state index is 9.00. The summed E-state index contributed by atoms with van der Waals surface area (Å²) in [6, 6.07) is 0. The summed E-state index contributed by atoms with van der Waals surface area (Å²) in [5.41, 5.74) is 0. The Morgan fingerprint density at radius 2 is 0.455 bits per heavy atom. The van der Waals surface area contributed by atoms with Gasteiger partial charge in [-0.2, -0.15) is 0 Å². The van der Waals surface area contributed by atoms with Crippen LogP contribution in [0, 0.1) is 0 Å². The largest absolute Gasteiger partial charge is 0 e. The number of rotatable bonds is 0. The van der Waals surface area contributed by atoms with E-state index in [0.29, 0.717) is 0 Å². The van der Waals surface area contributed by atoms with Crippen LogP contribution in [0.1, 0.15) is 34.6 Å². The van der Waals surface area contributed by atoms with Crippen molar-refractivity contribution in [2.24, 2.45) is 0 Å². The zero-order valence-electron chi connectivity index (χ0n) is 12.5. The molecule has 0 bridgehead atoms. The third-order valence-corrected chi connectivity index (χ3v) is 0. The molecular formula is C10H21NaO10Zn. The number of carboxylic acid groups (broad SMARTS) is 5. The Labute approximate surface area is 162 Å². The first-order valence-corrected chi connectivity index (χ1v) is 4.64. The molecule has 0 atom stereocenters. The van der Waals surface area contributed by atoms with Gasteiger partial charge in [-0.3, -0.25) is 24.0 Å². The number of hydrogen-bond donors (Lipinski definition) is 5. The molecule has 0 spiro atoms. The second kappa shape index (κ2) is 36.8. The molecule has 0 radical (unpaired) electrons. The van der Waals surface area contributed by atoms with Crippen LogP contribution in [0.25, 0.3) is 0 Å². The quantitative estimate of drug-likeness (QED) is 0.347. The molecule has 0 aliphatic heterocycles. The Balaban J connectivity index is -0.0000000250. The van der Waals surface area contributed by atoms with Crippen LogP contribution in [0.15, 0.2) is 0 Å². The van der Waals surface area contributed by atoms with Gasteiger partial charge >= 0.3 is 29.6 Å². The van der Waals surface area contributed by atoms with Crippen molar-refractivity contribution in [1.29, 1.82) is 0 Å². The standard InChI is InChI=1S/5C2H4O2.Na.Zn.H/c5*1-2(3)4;;;/h5*1H3,(H,3,4);;;. The molecule has 124 valence electrons. The number of aliphatic carboxylic acids is 5. The van der Waals surface area contributed by atoms with Gasteiger partial charge in [-0.15, -0.1) is 0 Å². The van der Waals surface area contributed by atoms with Crippen LogP contribution in [0.3, 0.4) is 0 Å². The first kappa shape index (κ1) is 42.9. The summed E-state index contributed by atoms with van der Waals surface area (Å²) in [5.74, 6) is -4.17. The van der Waals surface area contributed by atoms with Crippen molar-refractivity contribution >= 4 is 59.4 Å². The fraction of sp³-hybridized carbons (Fsp3) is 0.500. The van der Waals surface area contributed by atoms with Crippen molar-refractivity contribution in [3.05, 3.63) is 0 Å². The van der Waals surface area contributed by atoms with Gasteiger partial charge in [0.15, 0.2) is 0 Å². The Morgan fingerprint density at radius 1 is 0.455 bits per heavy atom. The molecule has 5 N–H and O–H groups in total. The predicted molar refractivity (Wildman–Crippen MR) is 73.7 cm³/mol. The molecule has 0 aromatic heterocycles. The van der Waals surface area contributed by atoms with Gasteiger partial charge in [-0.25, -0.2) is 0 Å². The fourth-order valence-corrected chi connectivity index (χ4v) is 0. The number of hydrogen-bond acceptors (Lipinski definition) is 5. The summed E-state index contributed by atoms with van der Waals surface area (Å²) in [6.45, 7) is 5.42. The number of carbonyl (C=O) groups is 5. The molecular weight excluding hydrogens is 368 g/mol. The molecule has 0 amide bonds. The van der Waals surface area contributed by atoms with Crippen LogP contribution in [-0.4, -0.2) is 84.9 Å². The Morgan fingerprint density at radius 3 is 0.455 bits per heavy atom. The van der Waals surface area contributed by atoms with E-state index in [1.807, 2.05) is 0 Å². The van der Waals surface area contributed by atoms with Gasteiger partial charge in [0.1, 0.15) is 0 Å². The van der Waals surface area contributed by atoms with Gasteiger partial charge in [0.25, 0.3) is 29.8 Å². The van der Waals surface area contributed by atoms with Gasteiger partial charge in [0.05, 0.1) is 0 Å². The molecule has 22 heavy (non-hydrogen) atoms. The third kappa shape index (κ3) is 5820. The molecule has 0 rings (SSSR count). The van der Waals surface area contributed by atoms with Gasteiger partial charge in [-0.05, 0) is 0 Å². The van der Waals surface area contributed by atoms with Crippen molar-refractivity contribution in [3.8, 4) is 0 Å². The van der Waals surface area contributed by atoms with E-state index < -0.39 is 29.8 Å². The van der Waals surface area contributed by atoms with E-state index in [4.69, 9.17) is 49.5 Å². The van der Waals surface area contributed by atoms with E-state index in [2.05, 4.69) is 0 Å². The van der Waals surface area contributed by atoms with Gasteiger partial charge in [-0.1, -0.05) is 0 Å². The van der Waals surface area contributed by atoms with E-state index in [1.54, 1.807) is 0 Å². The fourth-order valence-electron chi connectivity index (χ4n) is 0. The molecule has 10 nitrogen and oxygen atoms in total. The first-order valence-electron chi connectivity index (χ1n) is 4.64. The average Bonchev–Trinajstić information content (AvgIpc) is 1.94. The summed E-state index contributed by atoms with van der Waals surface area (Å²) in [4.78, 5) is 45.0. The smallest absolute Gasteiger partial charge is 0 e. The van der Waals surface area contributed by atoms with Crippen molar-refractivity contribution in [2.75, 3.05) is 0 Å². The maximum atomic E-state index is 9.00. The summed E-state index contributed by atoms with van der Waals surface area (Å²) in [7, 11) is 0. The molecule has 0 saturated heterocycles. The van der Waals surface area contributed by atoms with Gasteiger partial charge in [0.2, 0.25) is 0 Å². The van der Waals surface area contributed by atoms with E-state index in [0.717, 1.165) is 34.6 Å². The Bertz CT molecular complexity index is 216. The molecule has 0 unspecified atom stereocenters. The predicted octanol–water partition coefficient (Wildman–Crippen LogP) is -0.196. The maximum Gasteiger partial charge on any atom is 0 e. The van der Waals surface area contributed by atoms with Crippen LogP contribution in [-0.2, 0) is 43.5 Å². The van der Waals surface area contributed by atoms with E-state index >= 15 is 0 Å². The Kier molecular flexibility index (Phi) is 71.7. The summed E-state index contributed by atoms with van der Waals surface area (Å²) in [6.07, 6.45) is 0. The van der Waals surface area contributed by atoms with Crippen LogP contribution >= 0.6 is 0 Å². The van der Waals surface area contributed by atoms with Crippen molar-refractivity contribution in [2.45, 2.75) is 34.6 Å². The monoisotopic (exact) mass is 388 g/mol. The van der Waals surface area contributed by atoms with Gasteiger partial charge < -0.3 is 25.5 Å². The molecule has 0 aromatic carbocycles. The molecule has 0 fully saturated rings. The van der Waals surface area contributed by atoms with E-state index in [-0.39, 0.29) is 49.0 Å². The summed E-state index contributed by atoms with van der Waals surface area (Å²) < 4.78 is 0. The van der Waals surface area contributed by atoms with Crippen LogP contribution < -0.4 is 0 Å². The zero-order chi connectivity index (χ0) is 17.9. The minimum Gasteiger partial charge on any atom is 0 e.